The number of methoxy groups -OCH3 is 1. The SMILES string of the molecule is COc1ccccc1C1=CC(=O)CC(c2c(C)cc(C)cc2C)C1. The quantitative estimate of drug-likeness (QED) is 0.781. The number of carbonyl (C=O) groups excluding carboxylic acids is 1. The summed E-state index contributed by atoms with van der Waals surface area (Å²) in [6.45, 7) is 6.43. The van der Waals surface area contributed by atoms with Crippen LogP contribution in [0.2, 0.25) is 0 Å². The third-order valence-corrected chi connectivity index (χ3v) is 4.85. The lowest BCUT2D eigenvalue weighted by Crippen LogP contribution is -2.15. The van der Waals surface area contributed by atoms with Crippen molar-refractivity contribution in [1.29, 1.82) is 0 Å². The highest BCUT2D eigenvalue weighted by Crippen LogP contribution is 2.40. The zero-order valence-electron chi connectivity index (χ0n) is 14.8. The first-order valence-electron chi connectivity index (χ1n) is 8.44. The number of benzene rings is 2. The minimum Gasteiger partial charge on any atom is -0.496 e. The average Bonchev–Trinajstić information content (AvgIpc) is 2.53. The van der Waals surface area contributed by atoms with Gasteiger partial charge in [0.2, 0.25) is 0 Å². The average molecular weight is 320 g/mol. The predicted octanol–water partition coefficient (Wildman–Crippen LogP) is 5.15. The molecule has 1 atom stereocenters. The molecule has 0 heterocycles. The van der Waals surface area contributed by atoms with Crippen molar-refractivity contribution in [2.45, 2.75) is 39.5 Å². The van der Waals surface area contributed by atoms with Crippen molar-refractivity contribution >= 4 is 11.4 Å². The van der Waals surface area contributed by atoms with Crippen LogP contribution in [-0.2, 0) is 4.79 Å². The highest BCUT2D eigenvalue weighted by molar-refractivity contribution is 6.00. The summed E-state index contributed by atoms with van der Waals surface area (Å²) >= 11 is 0. The van der Waals surface area contributed by atoms with Crippen molar-refractivity contribution in [2.75, 3.05) is 7.11 Å². The predicted molar refractivity (Wildman–Crippen MR) is 98.6 cm³/mol. The van der Waals surface area contributed by atoms with Gasteiger partial charge in [0.25, 0.3) is 0 Å². The molecular formula is C22H24O2. The molecule has 0 aromatic heterocycles. The number of carbonyl (C=O) groups is 1. The van der Waals surface area contributed by atoms with E-state index in [0.717, 1.165) is 23.3 Å². The Kier molecular flexibility index (Phi) is 4.57. The van der Waals surface area contributed by atoms with Crippen LogP contribution in [0, 0.1) is 20.8 Å². The second-order valence-corrected chi connectivity index (χ2v) is 6.75. The number of aryl methyl sites for hydroxylation is 3. The normalized spacial score (nSPS) is 17.6. The fourth-order valence-electron chi connectivity index (χ4n) is 4.03. The standard InChI is InChI=1S/C22H24O2/c1-14-9-15(2)22(16(3)10-14)18-11-17(12-19(23)13-18)20-7-5-6-8-21(20)24-4/h5-10,12,18H,11,13H2,1-4H3. The summed E-state index contributed by atoms with van der Waals surface area (Å²) in [5, 5.41) is 0. The molecule has 0 radical (unpaired) electrons. The summed E-state index contributed by atoms with van der Waals surface area (Å²) in [7, 11) is 1.68. The Balaban J connectivity index is 2.01. The Morgan fingerprint density at radius 2 is 1.67 bits per heavy atom. The van der Waals surface area contributed by atoms with E-state index >= 15 is 0 Å². The summed E-state index contributed by atoms with van der Waals surface area (Å²) in [4.78, 5) is 12.4. The molecule has 1 aliphatic carbocycles. The molecule has 0 aliphatic heterocycles. The van der Waals surface area contributed by atoms with Gasteiger partial charge in [-0.2, -0.15) is 0 Å². The van der Waals surface area contributed by atoms with Crippen molar-refractivity contribution in [2.24, 2.45) is 0 Å². The zero-order chi connectivity index (χ0) is 17.3. The zero-order valence-corrected chi connectivity index (χ0v) is 14.8. The molecule has 3 rings (SSSR count). The van der Waals surface area contributed by atoms with E-state index < -0.39 is 0 Å². The number of para-hydroxylation sites is 1. The van der Waals surface area contributed by atoms with Gasteiger partial charge in [0.15, 0.2) is 5.78 Å². The van der Waals surface area contributed by atoms with Crippen LogP contribution in [0.4, 0.5) is 0 Å². The van der Waals surface area contributed by atoms with E-state index in [9.17, 15) is 4.79 Å². The van der Waals surface area contributed by atoms with Crippen LogP contribution >= 0.6 is 0 Å². The lowest BCUT2D eigenvalue weighted by Gasteiger charge is -2.26. The Hall–Kier alpha value is -2.35. The molecule has 0 amide bonds. The van der Waals surface area contributed by atoms with Gasteiger partial charge < -0.3 is 4.74 Å². The Bertz CT molecular complexity index is 791. The molecule has 24 heavy (non-hydrogen) atoms. The smallest absolute Gasteiger partial charge is 0.156 e. The molecular weight excluding hydrogens is 296 g/mol. The third kappa shape index (κ3) is 3.14. The van der Waals surface area contributed by atoms with Gasteiger partial charge in [0.1, 0.15) is 5.75 Å². The van der Waals surface area contributed by atoms with Gasteiger partial charge in [-0.3, -0.25) is 4.79 Å². The van der Waals surface area contributed by atoms with Gasteiger partial charge in [-0.25, -0.2) is 0 Å². The van der Waals surface area contributed by atoms with E-state index in [2.05, 4.69) is 32.9 Å². The van der Waals surface area contributed by atoms with E-state index in [1.54, 1.807) is 13.2 Å². The van der Waals surface area contributed by atoms with Crippen molar-refractivity contribution in [1.82, 2.24) is 0 Å². The first-order chi connectivity index (χ1) is 11.5. The van der Waals surface area contributed by atoms with Crippen molar-refractivity contribution in [3.63, 3.8) is 0 Å². The van der Waals surface area contributed by atoms with Crippen LogP contribution in [0.1, 0.15) is 46.6 Å². The second-order valence-electron chi connectivity index (χ2n) is 6.75. The van der Waals surface area contributed by atoms with Crippen LogP contribution in [-0.4, -0.2) is 12.9 Å². The molecule has 0 bridgehead atoms. The first-order valence-corrected chi connectivity index (χ1v) is 8.44. The Labute approximate surface area is 144 Å². The minimum atomic E-state index is 0.200. The maximum atomic E-state index is 12.4. The molecule has 124 valence electrons. The summed E-state index contributed by atoms with van der Waals surface area (Å²) < 4.78 is 5.49. The largest absolute Gasteiger partial charge is 0.496 e. The van der Waals surface area contributed by atoms with Gasteiger partial charge in [-0.15, -0.1) is 0 Å². The van der Waals surface area contributed by atoms with Crippen molar-refractivity contribution in [3.05, 3.63) is 70.3 Å². The lowest BCUT2D eigenvalue weighted by atomic mass is 9.77. The number of allylic oxidation sites excluding steroid dienone is 2. The van der Waals surface area contributed by atoms with E-state index in [0.29, 0.717) is 6.42 Å². The molecule has 0 saturated carbocycles. The number of ether oxygens (including phenoxy) is 1. The Morgan fingerprint density at radius 1 is 1.00 bits per heavy atom. The highest BCUT2D eigenvalue weighted by Gasteiger charge is 2.26. The van der Waals surface area contributed by atoms with Gasteiger partial charge in [-0.1, -0.05) is 35.9 Å². The first kappa shape index (κ1) is 16.5. The van der Waals surface area contributed by atoms with E-state index in [1.807, 2.05) is 24.3 Å². The summed E-state index contributed by atoms with van der Waals surface area (Å²) in [5.41, 5.74) is 7.28. The molecule has 2 aromatic rings. The van der Waals surface area contributed by atoms with Gasteiger partial charge in [0.05, 0.1) is 7.11 Å². The fraction of sp³-hybridized carbons (Fsp3) is 0.318. The maximum absolute atomic E-state index is 12.4. The van der Waals surface area contributed by atoms with Gasteiger partial charge in [0, 0.05) is 12.0 Å². The molecule has 0 spiro atoms. The van der Waals surface area contributed by atoms with Crippen molar-refractivity contribution in [3.8, 4) is 5.75 Å². The topological polar surface area (TPSA) is 26.3 Å². The fourth-order valence-corrected chi connectivity index (χ4v) is 4.03. The number of hydrogen-bond donors (Lipinski definition) is 0. The van der Waals surface area contributed by atoms with E-state index in [-0.39, 0.29) is 11.7 Å². The number of hydrogen-bond acceptors (Lipinski definition) is 2. The molecule has 2 nitrogen and oxygen atoms in total. The van der Waals surface area contributed by atoms with Crippen LogP contribution in [0.5, 0.6) is 5.75 Å². The van der Waals surface area contributed by atoms with Crippen LogP contribution in [0.25, 0.3) is 5.57 Å². The summed E-state index contributed by atoms with van der Waals surface area (Å²) in [5.74, 6) is 1.27. The second kappa shape index (κ2) is 6.64. The molecule has 0 N–H and O–H groups in total. The molecule has 2 aromatic carbocycles. The monoisotopic (exact) mass is 320 g/mol. The molecule has 1 unspecified atom stereocenters. The lowest BCUT2D eigenvalue weighted by molar-refractivity contribution is -0.115. The summed E-state index contributed by atoms with van der Waals surface area (Å²) in [6, 6.07) is 12.4. The molecule has 1 aliphatic rings. The Morgan fingerprint density at radius 3 is 2.33 bits per heavy atom. The molecule has 0 fully saturated rings. The maximum Gasteiger partial charge on any atom is 0.156 e. The third-order valence-electron chi connectivity index (χ3n) is 4.85. The van der Waals surface area contributed by atoms with E-state index in [1.165, 1.54) is 22.3 Å². The van der Waals surface area contributed by atoms with Crippen LogP contribution in [0.15, 0.2) is 42.5 Å². The molecule has 0 saturated heterocycles. The highest BCUT2D eigenvalue weighted by atomic mass is 16.5. The van der Waals surface area contributed by atoms with Gasteiger partial charge >= 0.3 is 0 Å². The summed E-state index contributed by atoms with van der Waals surface area (Å²) in [6.07, 6.45) is 3.26. The number of ketones is 1. The van der Waals surface area contributed by atoms with Crippen LogP contribution < -0.4 is 4.74 Å². The van der Waals surface area contributed by atoms with Crippen molar-refractivity contribution < 1.29 is 9.53 Å². The van der Waals surface area contributed by atoms with Crippen LogP contribution in [0.3, 0.4) is 0 Å². The van der Waals surface area contributed by atoms with E-state index in [4.69, 9.17) is 4.74 Å². The minimum absolute atomic E-state index is 0.200. The van der Waals surface area contributed by atoms with Gasteiger partial charge in [-0.05, 0) is 67.5 Å². The molecule has 2 heteroatoms. The number of rotatable bonds is 3.